The van der Waals surface area contributed by atoms with Crippen molar-refractivity contribution < 1.29 is 14.3 Å². The van der Waals surface area contributed by atoms with Gasteiger partial charge >= 0.3 is 6.09 Å². The third kappa shape index (κ3) is 4.84. The lowest BCUT2D eigenvalue weighted by Crippen LogP contribution is -2.55. The molecular weight excluding hydrogens is 386 g/mol. The van der Waals surface area contributed by atoms with E-state index in [0.717, 1.165) is 43.2 Å². The summed E-state index contributed by atoms with van der Waals surface area (Å²) in [5.74, 6) is 0.198. The quantitative estimate of drug-likeness (QED) is 0.560. The van der Waals surface area contributed by atoms with Crippen LogP contribution in [0.1, 0.15) is 74.4 Å². The van der Waals surface area contributed by atoms with E-state index in [9.17, 15) is 9.59 Å². The predicted molar refractivity (Wildman–Crippen MR) is 122 cm³/mol. The SMILES string of the molecule is CC(C)(C)c1cccc(C(=O)C2CC3CCCC(C2)N3C(=O)OCc2ccccc2)c1. The molecule has 0 N–H and O–H groups in total. The number of amides is 1. The van der Waals surface area contributed by atoms with Gasteiger partial charge in [0.2, 0.25) is 0 Å². The third-order valence-corrected chi connectivity index (χ3v) is 6.77. The van der Waals surface area contributed by atoms with Gasteiger partial charge in [-0.1, -0.05) is 69.3 Å². The summed E-state index contributed by atoms with van der Waals surface area (Å²) in [5.41, 5.74) is 2.99. The monoisotopic (exact) mass is 419 g/mol. The number of fused-ring (bicyclic) bond motifs is 2. The molecule has 2 fully saturated rings. The van der Waals surface area contributed by atoms with E-state index < -0.39 is 0 Å². The number of ketones is 1. The minimum Gasteiger partial charge on any atom is -0.445 e. The summed E-state index contributed by atoms with van der Waals surface area (Å²) < 4.78 is 5.64. The molecule has 31 heavy (non-hydrogen) atoms. The van der Waals surface area contributed by atoms with Crippen LogP contribution >= 0.6 is 0 Å². The van der Waals surface area contributed by atoms with Crippen molar-refractivity contribution in [1.29, 1.82) is 0 Å². The Labute approximate surface area is 185 Å². The summed E-state index contributed by atoms with van der Waals surface area (Å²) in [4.78, 5) is 28.2. The normalized spacial score (nSPS) is 23.3. The molecule has 2 heterocycles. The number of carbonyl (C=O) groups excluding carboxylic acids is 2. The highest BCUT2D eigenvalue weighted by Crippen LogP contribution is 2.39. The minimum atomic E-state index is -0.237. The number of nitrogens with zero attached hydrogens (tertiary/aromatic N) is 1. The Kier molecular flexibility index (Phi) is 6.17. The van der Waals surface area contributed by atoms with E-state index >= 15 is 0 Å². The molecule has 2 aliphatic heterocycles. The van der Waals surface area contributed by atoms with E-state index in [1.165, 1.54) is 5.56 Å². The van der Waals surface area contributed by atoms with Crippen LogP contribution in [0.25, 0.3) is 0 Å². The second-order valence-corrected chi connectivity index (χ2v) is 10.0. The molecule has 0 aromatic heterocycles. The van der Waals surface area contributed by atoms with Crippen LogP contribution in [-0.4, -0.2) is 28.9 Å². The fraction of sp³-hybridized carbons (Fsp3) is 0.481. The van der Waals surface area contributed by atoms with E-state index in [0.29, 0.717) is 0 Å². The Balaban J connectivity index is 1.44. The maximum absolute atomic E-state index is 13.4. The molecule has 0 aliphatic carbocycles. The Morgan fingerprint density at radius 3 is 2.29 bits per heavy atom. The Hall–Kier alpha value is -2.62. The molecule has 4 rings (SSSR count). The van der Waals surface area contributed by atoms with Crippen LogP contribution in [0.5, 0.6) is 0 Å². The van der Waals surface area contributed by atoms with Gasteiger partial charge in [-0.05, 0) is 54.7 Å². The fourth-order valence-electron chi connectivity index (χ4n) is 5.06. The number of piperidine rings is 2. The summed E-state index contributed by atoms with van der Waals surface area (Å²) in [6.07, 6.45) is 4.23. The van der Waals surface area contributed by atoms with Crippen molar-refractivity contribution in [2.75, 3.05) is 0 Å². The summed E-state index contributed by atoms with van der Waals surface area (Å²) in [7, 11) is 0. The van der Waals surface area contributed by atoms with Crippen LogP contribution in [0.15, 0.2) is 54.6 Å². The topological polar surface area (TPSA) is 46.6 Å². The standard InChI is InChI=1S/C27H33NO3/c1-27(2,3)22-12-7-11-20(15-22)25(29)21-16-23-13-8-14-24(17-21)28(23)26(30)31-18-19-9-5-4-6-10-19/h4-7,9-12,15,21,23-24H,8,13-14,16-18H2,1-3H3. The van der Waals surface area contributed by atoms with Gasteiger partial charge in [0.05, 0.1) is 0 Å². The number of Topliss-reactive ketones (excluding diaryl/α,β-unsaturated/α-hetero) is 1. The van der Waals surface area contributed by atoms with Gasteiger partial charge in [0.15, 0.2) is 5.78 Å². The van der Waals surface area contributed by atoms with Crippen molar-refractivity contribution in [3.63, 3.8) is 0 Å². The van der Waals surface area contributed by atoms with Gasteiger partial charge in [0.25, 0.3) is 0 Å². The molecule has 2 aliphatic rings. The van der Waals surface area contributed by atoms with Gasteiger partial charge in [-0.2, -0.15) is 0 Å². The first-order chi connectivity index (χ1) is 14.8. The van der Waals surface area contributed by atoms with Crippen LogP contribution in [-0.2, 0) is 16.8 Å². The Morgan fingerprint density at radius 2 is 1.65 bits per heavy atom. The Bertz CT molecular complexity index is 917. The number of rotatable bonds is 4. The molecule has 0 radical (unpaired) electrons. The van der Waals surface area contributed by atoms with Gasteiger partial charge < -0.3 is 9.64 Å². The molecule has 4 nitrogen and oxygen atoms in total. The number of carbonyl (C=O) groups is 2. The molecule has 0 spiro atoms. The smallest absolute Gasteiger partial charge is 0.410 e. The van der Waals surface area contributed by atoms with E-state index in [4.69, 9.17) is 4.74 Å². The highest BCUT2D eigenvalue weighted by Gasteiger charge is 2.43. The average molecular weight is 420 g/mol. The number of hydrogen-bond acceptors (Lipinski definition) is 3. The number of benzene rings is 2. The lowest BCUT2D eigenvalue weighted by Gasteiger charge is -2.47. The molecule has 1 amide bonds. The fourth-order valence-corrected chi connectivity index (χ4v) is 5.06. The van der Waals surface area contributed by atoms with Crippen LogP contribution in [0.3, 0.4) is 0 Å². The number of hydrogen-bond donors (Lipinski definition) is 0. The zero-order chi connectivity index (χ0) is 22.0. The van der Waals surface area contributed by atoms with E-state index in [1.54, 1.807) is 0 Å². The van der Waals surface area contributed by atoms with Gasteiger partial charge in [0.1, 0.15) is 6.61 Å². The zero-order valence-corrected chi connectivity index (χ0v) is 18.8. The van der Waals surface area contributed by atoms with Crippen molar-refractivity contribution in [1.82, 2.24) is 4.90 Å². The highest BCUT2D eigenvalue weighted by atomic mass is 16.6. The Morgan fingerprint density at radius 1 is 0.968 bits per heavy atom. The molecular formula is C27H33NO3. The van der Waals surface area contributed by atoms with Crippen molar-refractivity contribution in [3.05, 3.63) is 71.3 Å². The van der Waals surface area contributed by atoms with Crippen molar-refractivity contribution in [2.24, 2.45) is 5.92 Å². The summed E-state index contributed by atoms with van der Waals surface area (Å²) >= 11 is 0. The zero-order valence-electron chi connectivity index (χ0n) is 18.8. The highest BCUT2D eigenvalue weighted by molar-refractivity contribution is 5.98. The minimum absolute atomic E-state index is 0.0126. The summed E-state index contributed by atoms with van der Waals surface area (Å²) in [5, 5.41) is 0. The second-order valence-electron chi connectivity index (χ2n) is 10.0. The van der Waals surface area contributed by atoms with E-state index in [-0.39, 0.29) is 41.9 Å². The third-order valence-electron chi connectivity index (χ3n) is 6.77. The van der Waals surface area contributed by atoms with E-state index in [2.05, 4.69) is 32.9 Å². The molecule has 2 aromatic rings. The predicted octanol–water partition coefficient (Wildman–Crippen LogP) is 6.14. The lowest BCUT2D eigenvalue weighted by molar-refractivity contribution is 0.00472. The molecule has 2 aromatic carbocycles. The molecule has 2 bridgehead atoms. The van der Waals surface area contributed by atoms with E-state index in [1.807, 2.05) is 47.4 Å². The molecule has 2 unspecified atom stereocenters. The lowest BCUT2D eigenvalue weighted by atomic mass is 9.75. The first-order valence-corrected chi connectivity index (χ1v) is 11.5. The number of ether oxygens (including phenoxy) is 1. The van der Waals surface area contributed by atoms with Gasteiger partial charge in [-0.15, -0.1) is 0 Å². The molecule has 4 heteroatoms. The van der Waals surface area contributed by atoms with Crippen LogP contribution < -0.4 is 0 Å². The largest absolute Gasteiger partial charge is 0.445 e. The second kappa shape index (κ2) is 8.86. The van der Waals surface area contributed by atoms with Crippen molar-refractivity contribution in [2.45, 2.75) is 77.0 Å². The van der Waals surface area contributed by atoms with Crippen LogP contribution in [0.2, 0.25) is 0 Å². The van der Waals surface area contributed by atoms with Gasteiger partial charge in [-0.25, -0.2) is 4.79 Å². The molecule has 0 saturated carbocycles. The maximum Gasteiger partial charge on any atom is 0.410 e. The van der Waals surface area contributed by atoms with Crippen molar-refractivity contribution in [3.8, 4) is 0 Å². The summed E-state index contributed by atoms with van der Waals surface area (Å²) in [6.45, 7) is 6.79. The first kappa shape index (κ1) is 21.6. The molecule has 2 atom stereocenters. The maximum atomic E-state index is 13.4. The van der Waals surface area contributed by atoms with Crippen LogP contribution in [0.4, 0.5) is 4.79 Å². The van der Waals surface area contributed by atoms with Crippen LogP contribution in [0, 0.1) is 5.92 Å². The summed E-state index contributed by atoms with van der Waals surface area (Å²) in [6, 6.07) is 18.0. The van der Waals surface area contributed by atoms with Gasteiger partial charge in [-0.3, -0.25) is 4.79 Å². The first-order valence-electron chi connectivity index (χ1n) is 11.5. The van der Waals surface area contributed by atoms with Crippen molar-refractivity contribution >= 4 is 11.9 Å². The van der Waals surface area contributed by atoms with Gasteiger partial charge in [0, 0.05) is 23.6 Å². The molecule has 164 valence electrons. The molecule has 2 saturated heterocycles. The average Bonchev–Trinajstić information content (AvgIpc) is 2.76.